The van der Waals surface area contributed by atoms with Crippen LogP contribution in [-0.4, -0.2) is 17.0 Å². The van der Waals surface area contributed by atoms with Crippen LogP contribution < -0.4 is 16.2 Å². The maximum Gasteiger partial charge on any atom is 0.316 e. The maximum atomic E-state index is 11.3. The lowest BCUT2D eigenvalue weighted by atomic mass is 10.2. The van der Waals surface area contributed by atoms with Gasteiger partial charge in [0.05, 0.1) is 17.2 Å². The molecule has 7 heteroatoms. The van der Waals surface area contributed by atoms with Gasteiger partial charge < -0.3 is 10.3 Å². The molecule has 0 atom stereocenters. The molecule has 0 saturated heterocycles. The molecule has 0 aliphatic heterocycles. The molecule has 0 spiro atoms. The Kier molecular flexibility index (Phi) is 4.34. The van der Waals surface area contributed by atoms with Crippen LogP contribution in [0, 0.1) is 17.0 Å². The molecule has 0 unspecified atom stereocenters. The highest BCUT2D eigenvalue weighted by Crippen LogP contribution is 2.34. The first-order chi connectivity index (χ1) is 10.0. The van der Waals surface area contributed by atoms with Crippen molar-refractivity contribution in [3.63, 3.8) is 0 Å². The highest BCUT2D eigenvalue weighted by molar-refractivity contribution is 5.76. The first-order valence-electron chi connectivity index (χ1n) is 6.40. The van der Waals surface area contributed by atoms with Crippen molar-refractivity contribution in [1.29, 1.82) is 0 Å². The number of hydrazine groups is 1. The number of rotatable bonds is 5. The summed E-state index contributed by atoms with van der Waals surface area (Å²) < 4.78 is 0. The van der Waals surface area contributed by atoms with Crippen molar-refractivity contribution in [2.24, 2.45) is 5.84 Å². The molecule has 0 aliphatic carbocycles. The molecule has 110 valence electrons. The summed E-state index contributed by atoms with van der Waals surface area (Å²) in [4.78, 5) is 17.0. The summed E-state index contributed by atoms with van der Waals surface area (Å²) in [5, 5.41) is 11.3. The van der Waals surface area contributed by atoms with Crippen molar-refractivity contribution in [3.05, 3.63) is 57.9 Å². The number of para-hydroxylation sites is 1. The molecule has 21 heavy (non-hydrogen) atoms. The third-order valence-corrected chi connectivity index (χ3v) is 3.11. The summed E-state index contributed by atoms with van der Waals surface area (Å²) in [5.41, 5.74) is 4.83. The number of pyridine rings is 1. The summed E-state index contributed by atoms with van der Waals surface area (Å²) in [6, 6.07) is 10.7. The Bertz CT molecular complexity index is 660. The Morgan fingerprint density at radius 1 is 1.33 bits per heavy atom. The number of benzene rings is 1. The Hall–Kier alpha value is -2.67. The van der Waals surface area contributed by atoms with Crippen molar-refractivity contribution in [3.8, 4) is 0 Å². The molecule has 2 rings (SSSR count). The monoisotopic (exact) mass is 287 g/mol. The van der Waals surface area contributed by atoms with Gasteiger partial charge in [0.25, 0.3) is 0 Å². The van der Waals surface area contributed by atoms with Gasteiger partial charge in [0.1, 0.15) is 11.4 Å². The van der Waals surface area contributed by atoms with Crippen molar-refractivity contribution >= 4 is 17.1 Å². The number of nitrogens with two attached hydrogens (primary N) is 1. The van der Waals surface area contributed by atoms with Crippen LogP contribution in [0.4, 0.5) is 17.1 Å². The molecular weight excluding hydrogens is 270 g/mol. The summed E-state index contributed by atoms with van der Waals surface area (Å²) in [6.45, 7) is 2.38. The summed E-state index contributed by atoms with van der Waals surface area (Å²) in [5.74, 6) is 5.34. The second kappa shape index (κ2) is 6.19. The van der Waals surface area contributed by atoms with E-state index in [1.165, 1.54) is 0 Å². The van der Waals surface area contributed by atoms with E-state index in [0.29, 0.717) is 12.2 Å². The minimum atomic E-state index is -0.440. The number of nitrogens with one attached hydrogen (secondary N) is 1. The zero-order valence-electron chi connectivity index (χ0n) is 11.9. The van der Waals surface area contributed by atoms with Gasteiger partial charge in [0.2, 0.25) is 0 Å². The molecule has 0 fully saturated rings. The topological polar surface area (TPSA) is 97.3 Å². The van der Waals surface area contributed by atoms with Crippen LogP contribution in [0.5, 0.6) is 0 Å². The van der Waals surface area contributed by atoms with Crippen molar-refractivity contribution in [2.45, 2.75) is 13.5 Å². The van der Waals surface area contributed by atoms with E-state index < -0.39 is 4.92 Å². The van der Waals surface area contributed by atoms with Crippen molar-refractivity contribution in [2.75, 3.05) is 17.4 Å². The number of hydrogen-bond donors (Lipinski definition) is 2. The van der Waals surface area contributed by atoms with Crippen LogP contribution in [0.15, 0.2) is 36.4 Å². The zero-order valence-corrected chi connectivity index (χ0v) is 11.9. The average molecular weight is 287 g/mol. The predicted molar refractivity (Wildman–Crippen MR) is 82.0 cm³/mol. The van der Waals surface area contributed by atoms with Gasteiger partial charge in [0, 0.05) is 12.7 Å². The fourth-order valence-corrected chi connectivity index (χ4v) is 2.16. The standard InChI is InChI=1S/C14H17N5O2/c1-10-5-3-6-11(16-10)9-18(2)13-8-4-7-12(17-15)14(13)19(20)21/h3-8,17H,9,15H2,1-2H3. The largest absolute Gasteiger partial charge is 0.363 e. The lowest BCUT2D eigenvalue weighted by Crippen LogP contribution is -2.20. The summed E-state index contributed by atoms with van der Waals surface area (Å²) in [7, 11) is 1.78. The molecule has 0 bridgehead atoms. The van der Waals surface area contributed by atoms with E-state index in [4.69, 9.17) is 5.84 Å². The number of nitrogen functional groups attached to an aromatic ring is 1. The SMILES string of the molecule is Cc1cccc(CN(C)c2cccc(NN)c2[N+](=O)[O-])n1. The van der Waals surface area contributed by atoms with Crippen LogP contribution in [0.2, 0.25) is 0 Å². The van der Waals surface area contributed by atoms with Gasteiger partial charge in [-0.15, -0.1) is 0 Å². The van der Waals surface area contributed by atoms with E-state index >= 15 is 0 Å². The van der Waals surface area contributed by atoms with Crippen LogP contribution in [0.1, 0.15) is 11.4 Å². The molecule has 0 radical (unpaired) electrons. The Balaban J connectivity index is 2.35. The number of hydrogen-bond acceptors (Lipinski definition) is 6. The fourth-order valence-electron chi connectivity index (χ4n) is 2.16. The number of aryl methyl sites for hydroxylation is 1. The van der Waals surface area contributed by atoms with E-state index in [1.807, 2.05) is 25.1 Å². The number of nitro benzene ring substituents is 1. The zero-order chi connectivity index (χ0) is 15.4. The Morgan fingerprint density at radius 2 is 2.05 bits per heavy atom. The number of aromatic nitrogens is 1. The molecule has 3 N–H and O–H groups in total. The third kappa shape index (κ3) is 3.26. The van der Waals surface area contributed by atoms with Gasteiger partial charge in [-0.2, -0.15) is 0 Å². The predicted octanol–water partition coefficient (Wildman–Crippen LogP) is 2.22. The molecule has 1 aromatic carbocycles. The van der Waals surface area contributed by atoms with Crippen molar-refractivity contribution < 1.29 is 4.92 Å². The lowest BCUT2D eigenvalue weighted by Gasteiger charge is -2.20. The number of nitrogens with zero attached hydrogens (tertiary/aromatic N) is 3. The van der Waals surface area contributed by atoms with E-state index in [0.717, 1.165) is 11.4 Å². The van der Waals surface area contributed by atoms with E-state index in [1.54, 1.807) is 30.1 Å². The second-order valence-electron chi connectivity index (χ2n) is 4.70. The highest BCUT2D eigenvalue weighted by atomic mass is 16.6. The van der Waals surface area contributed by atoms with Crippen LogP contribution in [0.3, 0.4) is 0 Å². The third-order valence-electron chi connectivity index (χ3n) is 3.11. The first kappa shape index (κ1) is 14.7. The minimum Gasteiger partial charge on any atom is -0.363 e. The van der Waals surface area contributed by atoms with Gasteiger partial charge in [0.15, 0.2) is 0 Å². The summed E-state index contributed by atoms with van der Waals surface area (Å²) >= 11 is 0. The molecule has 1 heterocycles. The van der Waals surface area contributed by atoms with Gasteiger partial charge in [-0.3, -0.25) is 20.9 Å². The number of anilines is 2. The Labute approximate surface area is 122 Å². The second-order valence-corrected chi connectivity index (χ2v) is 4.70. The summed E-state index contributed by atoms with van der Waals surface area (Å²) in [6.07, 6.45) is 0. The fraction of sp³-hybridized carbons (Fsp3) is 0.214. The van der Waals surface area contributed by atoms with E-state index in [-0.39, 0.29) is 11.4 Å². The van der Waals surface area contributed by atoms with E-state index in [2.05, 4.69) is 10.4 Å². The highest BCUT2D eigenvalue weighted by Gasteiger charge is 2.22. The molecule has 0 aliphatic rings. The maximum absolute atomic E-state index is 11.3. The van der Waals surface area contributed by atoms with Crippen LogP contribution >= 0.6 is 0 Å². The molecule has 1 aromatic heterocycles. The molecule has 0 amide bonds. The van der Waals surface area contributed by atoms with Gasteiger partial charge in [-0.05, 0) is 31.2 Å². The molecule has 7 nitrogen and oxygen atoms in total. The minimum absolute atomic E-state index is 0.0462. The molecular formula is C14H17N5O2. The normalized spacial score (nSPS) is 10.2. The van der Waals surface area contributed by atoms with E-state index in [9.17, 15) is 10.1 Å². The molecule has 0 saturated carbocycles. The van der Waals surface area contributed by atoms with Crippen molar-refractivity contribution in [1.82, 2.24) is 4.98 Å². The van der Waals surface area contributed by atoms with Crippen LogP contribution in [-0.2, 0) is 6.54 Å². The lowest BCUT2D eigenvalue weighted by molar-refractivity contribution is -0.383. The van der Waals surface area contributed by atoms with Gasteiger partial charge in [-0.25, -0.2) is 0 Å². The smallest absolute Gasteiger partial charge is 0.316 e. The quantitative estimate of drug-likeness (QED) is 0.497. The Morgan fingerprint density at radius 3 is 2.67 bits per heavy atom. The first-order valence-corrected chi connectivity index (χ1v) is 6.40. The van der Waals surface area contributed by atoms with Crippen LogP contribution in [0.25, 0.3) is 0 Å². The van der Waals surface area contributed by atoms with Gasteiger partial charge in [-0.1, -0.05) is 12.1 Å². The number of nitro groups is 1. The average Bonchev–Trinajstić information content (AvgIpc) is 2.46. The van der Waals surface area contributed by atoms with Gasteiger partial charge >= 0.3 is 5.69 Å². The molecule has 2 aromatic rings.